The van der Waals surface area contributed by atoms with E-state index in [9.17, 15) is 26.3 Å². The van der Waals surface area contributed by atoms with Crippen LogP contribution in [0.5, 0.6) is 5.75 Å². The molecule has 1 heterocycles. The lowest BCUT2D eigenvalue weighted by Crippen LogP contribution is -2.47. The van der Waals surface area contributed by atoms with Crippen molar-refractivity contribution in [3.05, 3.63) is 28.8 Å². The van der Waals surface area contributed by atoms with E-state index in [1.807, 2.05) is 18.7 Å². The second-order valence-corrected chi connectivity index (χ2v) is 7.13. The van der Waals surface area contributed by atoms with E-state index in [4.69, 9.17) is 4.74 Å². The largest absolute Gasteiger partial charge is 0.496 e. The van der Waals surface area contributed by atoms with Crippen molar-refractivity contribution in [3.8, 4) is 5.75 Å². The van der Waals surface area contributed by atoms with Crippen LogP contribution in [0.25, 0.3) is 0 Å². The molecule has 28 heavy (non-hydrogen) atoms. The van der Waals surface area contributed by atoms with Crippen LogP contribution in [0.4, 0.5) is 26.3 Å². The van der Waals surface area contributed by atoms with Crippen molar-refractivity contribution in [3.63, 3.8) is 0 Å². The van der Waals surface area contributed by atoms with E-state index >= 15 is 0 Å². The third-order valence-corrected chi connectivity index (χ3v) is 5.12. The van der Waals surface area contributed by atoms with E-state index in [1.165, 1.54) is 0 Å². The fraction of sp³-hybridized carbons (Fsp3) is 0.684. The fourth-order valence-corrected chi connectivity index (χ4v) is 3.90. The van der Waals surface area contributed by atoms with Crippen LogP contribution in [0, 0.1) is 5.92 Å². The van der Waals surface area contributed by atoms with E-state index in [1.54, 1.807) is 0 Å². The van der Waals surface area contributed by atoms with Crippen LogP contribution in [0.2, 0.25) is 0 Å². The molecule has 160 valence electrons. The van der Waals surface area contributed by atoms with Gasteiger partial charge in [-0.25, -0.2) is 0 Å². The van der Waals surface area contributed by atoms with Crippen molar-refractivity contribution in [1.82, 2.24) is 10.2 Å². The highest BCUT2D eigenvalue weighted by molar-refractivity contribution is 5.48. The molecule has 0 aromatic heterocycles. The third-order valence-electron chi connectivity index (χ3n) is 5.12. The van der Waals surface area contributed by atoms with Gasteiger partial charge in [0.05, 0.1) is 18.2 Å². The summed E-state index contributed by atoms with van der Waals surface area (Å²) in [6.45, 7) is 6.02. The molecule has 1 saturated heterocycles. The molecule has 1 aliphatic heterocycles. The molecule has 1 aliphatic rings. The van der Waals surface area contributed by atoms with Crippen molar-refractivity contribution in [2.24, 2.45) is 5.92 Å². The molecule has 3 nitrogen and oxygen atoms in total. The Kier molecular flexibility index (Phi) is 7.25. The first-order valence-electron chi connectivity index (χ1n) is 9.31. The van der Waals surface area contributed by atoms with Gasteiger partial charge < -0.3 is 10.1 Å². The Morgan fingerprint density at radius 1 is 1.07 bits per heavy atom. The number of nitrogens with zero attached hydrogens (tertiary/aromatic N) is 1. The van der Waals surface area contributed by atoms with E-state index in [0.717, 1.165) is 13.5 Å². The Bertz CT molecular complexity index is 653. The lowest BCUT2D eigenvalue weighted by Gasteiger charge is -2.40. The zero-order valence-corrected chi connectivity index (χ0v) is 16.2. The third kappa shape index (κ3) is 5.11. The minimum Gasteiger partial charge on any atom is -0.496 e. The normalized spacial score (nSPS) is 18.8. The minimum atomic E-state index is -4.93. The van der Waals surface area contributed by atoms with Gasteiger partial charge in [-0.05, 0) is 24.5 Å². The average Bonchev–Trinajstić information content (AvgIpc) is 2.61. The van der Waals surface area contributed by atoms with Crippen molar-refractivity contribution in [2.75, 3.05) is 33.3 Å². The van der Waals surface area contributed by atoms with Gasteiger partial charge in [-0.1, -0.05) is 20.3 Å². The Labute approximate surface area is 161 Å². The monoisotopic (exact) mass is 412 g/mol. The molecule has 1 N–H and O–H groups in total. The summed E-state index contributed by atoms with van der Waals surface area (Å²) >= 11 is 0. The number of alkyl halides is 6. The number of piperazine rings is 1. The second kappa shape index (κ2) is 8.90. The fourth-order valence-electron chi connectivity index (χ4n) is 3.90. The Morgan fingerprint density at radius 3 is 2.14 bits per heavy atom. The van der Waals surface area contributed by atoms with Crippen molar-refractivity contribution >= 4 is 0 Å². The van der Waals surface area contributed by atoms with Crippen LogP contribution in [0.1, 0.15) is 49.4 Å². The smallest absolute Gasteiger partial charge is 0.416 e. The van der Waals surface area contributed by atoms with E-state index in [-0.39, 0.29) is 23.3 Å². The molecule has 0 saturated carbocycles. The summed E-state index contributed by atoms with van der Waals surface area (Å²) in [6.07, 6.45) is -8.42. The number of nitrogens with one attached hydrogen (secondary N) is 1. The summed E-state index contributed by atoms with van der Waals surface area (Å²) < 4.78 is 86.2. The lowest BCUT2D eigenvalue weighted by atomic mass is 9.85. The molecule has 1 aromatic carbocycles. The van der Waals surface area contributed by atoms with Gasteiger partial charge in [-0.2, -0.15) is 26.3 Å². The van der Waals surface area contributed by atoms with Gasteiger partial charge >= 0.3 is 12.4 Å². The maximum absolute atomic E-state index is 13.9. The quantitative estimate of drug-likeness (QED) is 0.657. The standard InChI is InChI=1S/C19H26F6N2O/c1-4-5-12(2)17(27-8-6-26-7-9-27)16-14(19(23,24)25)10-13(18(20,21)22)11-15(16)28-3/h10-12,17,26H,4-9H2,1-3H3/t12?,17-/m0/s1. The highest BCUT2D eigenvalue weighted by Crippen LogP contribution is 2.47. The summed E-state index contributed by atoms with van der Waals surface area (Å²) in [5.74, 6) is -0.552. The van der Waals surface area contributed by atoms with Crippen LogP contribution < -0.4 is 10.1 Å². The molecule has 0 bridgehead atoms. The topological polar surface area (TPSA) is 24.5 Å². The van der Waals surface area contributed by atoms with Crippen LogP contribution in [0.15, 0.2) is 12.1 Å². The molecular formula is C19H26F6N2O. The number of hydrogen-bond acceptors (Lipinski definition) is 3. The second-order valence-electron chi connectivity index (χ2n) is 7.13. The molecule has 1 fully saturated rings. The molecule has 0 radical (unpaired) electrons. The maximum atomic E-state index is 13.9. The Morgan fingerprint density at radius 2 is 1.68 bits per heavy atom. The van der Waals surface area contributed by atoms with Crippen LogP contribution >= 0.6 is 0 Å². The number of hydrogen-bond donors (Lipinski definition) is 1. The van der Waals surface area contributed by atoms with Crippen LogP contribution in [-0.4, -0.2) is 38.2 Å². The summed E-state index contributed by atoms with van der Waals surface area (Å²) in [5, 5.41) is 3.15. The number of rotatable bonds is 6. The molecule has 1 aromatic rings. The SMILES string of the molecule is CCCC(C)[C@@H](c1c(OC)cc(C(F)(F)F)cc1C(F)(F)F)N1CCNCC1. The zero-order valence-electron chi connectivity index (χ0n) is 16.2. The van der Waals surface area contributed by atoms with Gasteiger partial charge in [0, 0.05) is 37.8 Å². The number of methoxy groups -OCH3 is 1. The molecule has 0 amide bonds. The highest BCUT2D eigenvalue weighted by Gasteiger charge is 2.43. The van der Waals surface area contributed by atoms with Crippen molar-refractivity contribution in [2.45, 2.75) is 45.1 Å². The number of benzene rings is 1. The highest BCUT2D eigenvalue weighted by atomic mass is 19.4. The van der Waals surface area contributed by atoms with Crippen LogP contribution in [-0.2, 0) is 12.4 Å². The molecule has 0 spiro atoms. The summed E-state index contributed by atoms with van der Waals surface area (Å²) in [4.78, 5) is 1.91. The average molecular weight is 412 g/mol. The lowest BCUT2D eigenvalue weighted by molar-refractivity contribution is -0.144. The molecule has 0 aliphatic carbocycles. The maximum Gasteiger partial charge on any atom is 0.416 e. The van der Waals surface area contributed by atoms with Crippen molar-refractivity contribution in [1.29, 1.82) is 0 Å². The van der Waals surface area contributed by atoms with Gasteiger partial charge in [0.15, 0.2) is 0 Å². The number of ether oxygens (including phenoxy) is 1. The first kappa shape index (κ1) is 22.8. The predicted octanol–water partition coefficient (Wildman–Crippen LogP) is 5.12. The number of halogens is 6. The van der Waals surface area contributed by atoms with Gasteiger partial charge in [0.25, 0.3) is 0 Å². The van der Waals surface area contributed by atoms with Gasteiger partial charge in [-0.3, -0.25) is 4.90 Å². The van der Waals surface area contributed by atoms with E-state index in [2.05, 4.69) is 5.32 Å². The van der Waals surface area contributed by atoms with Gasteiger partial charge in [0.1, 0.15) is 5.75 Å². The van der Waals surface area contributed by atoms with Gasteiger partial charge in [0.2, 0.25) is 0 Å². The molecule has 9 heteroatoms. The summed E-state index contributed by atoms with van der Waals surface area (Å²) in [7, 11) is 1.11. The molecule has 2 rings (SSSR count). The van der Waals surface area contributed by atoms with Crippen molar-refractivity contribution < 1.29 is 31.1 Å². The first-order valence-corrected chi connectivity index (χ1v) is 9.31. The first-order chi connectivity index (χ1) is 13.0. The molecular weight excluding hydrogens is 386 g/mol. The van der Waals surface area contributed by atoms with E-state index in [0.29, 0.717) is 38.7 Å². The van der Waals surface area contributed by atoms with Gasteiger partial charge in [-0.15, -0.1) is 0 Å². The molecule has 1 unspecified atom stereocenters. The predicted molar refractivity (Wildman–Crippen MR) is 94.3 cm³/mol. The van der Waals surface area contributed by atoms with Crippen LogP contribution in [0.3, 0.4) is 0 Å². The summed E-state index contributed by atoms with van der Waals surface area (Å²) in [6, 6.07) is 0.209. The minimum absolute atomic E-state index is 0.185. The molecule has 2 atom stereocenters. The Hall–Kier alpha value is -1.48. The van der Waals surface area contributed by atoms with E-state index < -0.39 is 29.5 Å². The zero-order chi connectivity index (χ0) is 21.1. The Balaban J connectivity index is 2.72. The summed E-state index contributed by atoms with van der Waals surface area (Å²) in [5.41, 5.74) is -2.83.